The van der Waals surface area contributed by atoms with Gasteiger partial charge in [-0.25, -0.2) is 17.9 Å². The Labute approximate surface area is 211 Å². The number of anilines is 2. The number of aromatic nitrogens is 3. The zero-order valence-electron chi connectivity index (χ0n) is 20.9. The number of rotatable bonds is 5. The lowest BCUT2D eigenvalue weighted by Gasteiger charge is -2.35. The number of carbonyl (C=O) groups excluding carboxylic acids is 1. The van der Waals surface area contributed by atoms with Gasteiger partial charge in [-0.3, -0.25) is 9.52 Å². The van der Waals surface area contributed by atoms with Crippen LogP contribution in [0.1, 0.15) is 58.9 Å². The summed E-state index contributed by atoms with van der Waals surface area (Å²) in [5.41, 5.74) is 10.2. The van der Waals surface area contributed by atoms with E-state index in [4.69, 9.17) is 15.8 Å². The van der Waals surface area contributed by atoms with Gasteiger partial charge >= 0.3 is 0 Å². The SMILES string of the molecule is Cc1ccc(NS(C)(=O)=O)c(C(=O)N2CCCCC2c2cc3nc(N4CCC(N)C4)c(C)cn3n2)c1. The molecule has 1 amide bonds. The van der Waals surface area contributed by atoms with E-state index in [1.165, 1.54) is 0 Å². The number of fused-ring (bicyclic) bond motifs is 1. The Morgan fingerprint density at radius 2 is 1.94 bits per heavy atom. The second kappa shape index (κ2) is 9.36. The van der Waals surface area contributed by atoms with Gasteiger partial charge < -0.3 is 15.5 Å². The van der Waals surface area contributed by atoms with E-state index in [0.717, 1.165) is 73.3 Å². The molecule has 11 heteroatoms. The zero-order chi connectivity index (χ0) is 25.6. The van der Waals surface area contributed by atoms with Crippen molar-refractivity contribution in [2.75, 3.05) is 35.5 Å². The lowest BCUT2D eigenvalue weighted by atomic mass is 9.97. The molecule has 3 aromatic rings. The predicted octanol–water partition coefficient (Wildman–Crippen LogP) is 2.62. The number of piperidine rings is 1. The largest absolute Gasteiger partial charge is 0.355 e. The number of hydrogen-bond donors (Lipinski definition) is 2. The Hall–Kier alpha value is -3.18. The summed E-state index contributed by atoms with van der Waals surface area (Å²) in [5, 5.41) is 4.81. The molecule has 2 fully saturated rings. The first-order valence-electron chi connectivity index (χ1n) is 12.4. The molecule has 2 saturated heterocycles. The number of sulfonamides is 1. The van der Waals surface area contributed by atoms with E-state index >= 15 is 0 Å². The van der Waals surface area contributed by atoms with Crippen LogP contribution in [0.5, 0.6) is 0 Å². The van der Waals surface area contributed by atoms with E-state index in [-0.39, 0.29) is 23.7 Å². The van der Waals surface area contributed by atoms with Gasteiger partial charge in [0.05, 0.1) is 29.2 Å². The Bertz CT molecular complexity index is 1420. The van der Waals surface area contributed by atoms with E-state index in [9.17, 15) is 13.2 Å². The topological polar surface area (TPSA) is 126 Å². The van der Waals surface area contributed by atoms with Crippen LogP contribution < -0.4 is 15.4 Å². The number of carbonyl (C=O) groups is 1. The van der Waals surface area contributed by atoms with Gasteiger partial charge in [0.1, 0.15) is 5.82 Å². The van der Waals surface area contributed by atoms with Crippen molar-refractivity contribution in [3.05, 3.63) is 52.8 Å². The second-order valence-corrected chi connectivity index (χ2v) is 11.8. The summed E-state index contributed by atoms with van der Waals surface area (Å²) in [6.45, 7) is 6.16. The average Bonchev–Trinajstić information content (AvgIpc) is 3.44. The summed E-state index contributed by atoms with van der Waals surface area (Å²) in [5.74, 6) is 0.720. The molecule has 2 aliphatic rings. The van der Waals surface area contributed by atoms with Crippen LogP contribution in [-0.2, 0) is 10.0 Å². The van der Waals surface area contributed by atoms with E-state index in [0.29, 0.717) is 12.1 Å². The third-order valence-corrected chi connectivity index (χ3v) is 7.54. The van der Waals surface area contributed by atoms with Crippen LogP contribution in [0.2, 0.25) is 0 Å². The highest BCUT2D eigenvalue weighted by Gasteiger charge is 2.32. The fourth-order valence-corrected chi connectivity index (χ4v) is 5.82. The molecule has 3 N–H and O–H groups in total. The van der Waals surface area contributed by atoms with Crippen LogP contribution in [0.15, 0.2) is 30.5 Å². The van der Waals surface area contributed by atoms with Crippen LogP contribution in [0, 0.1) is 13.8 Å². The third kappa shape index (κ3) is 4.90. The summed E-state index contributed by atoms with van der Waals surface area (Å²) in [4.78, 5) is 22.7. The molecule has 0 spiro atoms. The molecule has 0 bridgehead atoms. The van der Waals surface area contributed by atoms with Gasteiger partial charge in [-0.2, -0.15) is 5.10 Å². The molecule has 0 aliphatic carbocycles. The van der Waals surface area contributed by atoms with Crippen LogP contribution in [-0.4, -0.2) is 65.8 Å². The van der Waals surface area contributed by atoms with Crippen molar-refractivity contribution in [1.29, 1.82) is 0 Å². The van der Waals surface area contributed by atoms with Crippen molar-refractivity contribution in [3.8, 4) is 0 Å². The molecule has 0 saturated carbocycles. The molecule has 10 nitrogen and oxygen atoms in total. The molecule has 4 heterocycles. The molecule has 2 unspecified atom stereocenters. The number of nitrogens with one attached hydrogen (secondary N) is 1. The molecular weight excluding hydrogens is 478 g/mol. The summed E-state index contributed by atoms with van der Waals surface area (Å²) in [6.07, 6.45) is 6.66. The highest BCUT2D eigenvalue weighted by molar-refractivity contribution is 7.92. The predicted molar refractivity (Wildman–Crippen MR) is 140 cm³/mol. The molecule has 2 aromatic heterocycles. The maximum atomic E-state index is 13.8. The first-order chi connectivity index (χ1) is 17.1. The standard InChI is InChI=1S/C25H33N7O3S/c1-16-7-8-20(29-36(3,34)35)19(12-16)25(33)31-10-5-4-6-22(31)21-13-23-27-24(17(2)14-32(23)28-21)30-11-9-18(26)15-30/h7-8,12-14,18,22,29H,4-6,9-11,15,26H2,1-3H3. The maximum absolute atomic E-state index is 13.8. The van der Waals surface area contributed by atoms with Crippen LogP contribution in [0.25, 0.3) is 5.65 Å². The van der Waals surface area contributed by atoms with Crippen LogP contribution in [0.4, 0.5) is 11.5 Å². The number of nitrogens with zero attached hydrogens (tertiary/aromatic N) is 5. The minimum Gasteiger partial charge on any atom is -0.355 e. The van der Waals surface area contributed by atoms with Crippen LogP contribution >= 0.6 is 0 Å². The van der Waals surface area contributed by atoms with E-state index in [2.05, 4.69) is 9.62 Å². The minimum atomic E-state index is -3.54. The van der Waals surface area contributed by atoms with Crippen molar-refractivity contribution in [2.24, 2.45) is 5.73 Å². The van der Waals surface area contributed by atoms with Gasteiger partial charge in [-0.15, -0.1) is 0 Å². The van der Waals surface area contributed by atoms with Gasteiger partial charge in [0.25, 0.3) is 5.91 Å². The smallest absolute Gasteiger partial charge is 0.256 e. The number of nitrogens with two attached hydrogens (primary N) is 1. The molecular formula is C25H33N7O3S. The molecule has 5 rings (SSSR count). The van der Waals surface area contributed by atoms with Gasteiger partial charge in [0, 0.05) is 43.5 Å². The lowest BCUT2D eigenvalue weighted by molar-refractivity contribution is 0.0606. The number of likely N-dealkylation sites (tertiary alicyclic amines) is 1. The fourth-order valence-electron chi connectivity index (χ4n) is 5.24. The molecule has 192 valence electrons. The van der Waals surface area contributed by atoms with Gasteiger partial charge in [-0.05, 0) is 51.7 Å². The molecule has 2 aliphatic heterocycles. The maximum Gasteiger partial charge on any atom is 0.256 e. The third-order valence-electron chi connectivity index (χ3n) is 6.95. The van der Waals surface area contributed by atoms with E-state index in [1.54, 1.807) is 22.7 Å². The number of hydrogen-bond acceptors (Lipinski definition) is 7. The second-order valence-electron chi connectivity index (χ2n) is 10.0. The van der Waals surface area contributed by atoms with Gasteiger partial charge in [0.2, 0.25) is 10.0 Å². The van der Waals surface area contributed by atoms with Crippen molar-refractivity contribution >= 4 is 33.1 Å². The van der Waals surface area contributed by atoms with E-state index < -0.39 is 10.0 Å². The Kier molecular flexibility index (Phi) is 6.37. The Morgan fingerprint density at radius 1 is 1.14 bits per heavy atom. The highest BCUT2D eigenvalue weighted by Crippen LogP contribution is 2.34. The molecule has 0 radical (unpaired) electrons. The molecule has 36 heavy (non-hydrogen) atoms. The van der Waals surface area contributed by atoms with Crippen molar-refractivity contribution < 1.29 is 13.2 Å². The summed E-state index contributed by atoms with van der Waals surface area (Å²) < 4.78 is 28.1. The normalized spacial score (nSPS) is 20.8. The van der Waals surface area contributed by atoms with Gasteiger partial charge in [-0.1, -0.05) is 11.6 Å². The van der Waals surface area contributed by atoms with Crippen molar-refractivity contribution in [3.63, 3.8) is 0 Å². The van der Waals surface area contributed by atoms with E-state index in [1.807, 2.05) is 31.0 Å². The van der Waals surface area contributed by atoms with Gasteiger partial charge in [0.15, 0.2) is 5.65 Å². The minimum absolute atomic E-state index is 0.161. The summed E-state index contributed by atoms with van der Waals surface area (Å²) in [7, 11) is -3.54. The first kappa shape index (κ1) is 24.5. The first-order valence-corrected chi connectivity index (χ1v) is 14.2. The monoisotopic (exact) mass is 511 g/mol. The average molecular weight is 512 g/mol. The number of aryl methyl sites for hydroxylation is 2. The number of benzene rings is 1. The van der Waals surface area contributed by atoms with Crippen molar-refractivity contribution in [1.82, 2.24) is 19.5 Å². The highest BCUT2D eigenvalue weighted by atomic mass is 32.2. The summed E-state index contributed by atoms with van der Waals surface area (Å²) >= 11 is 0. The Morgan fingerprint density at radius 3 is 2.67 bits per heavy atom. The zero-order valence-corrected chi connectivity index (χ0v) is 21.8. The molecule has 1 aromatic carbocycles. The fraction of sp³-hybridized carbons (Fsp3) is 0.480. The van der Waals surface area contributed by atoms with Crippen molar-refractivity contribution in [2.45, 2.75) is 51.6 Å². The quantitative estimate of drug-likeness (QED) is 0.539. The Balaban J connectivity index is 1.49. The van der Waals surface area contributed by atoms with Crippen LogP contribution in [0.3, 0.4) is 0 Å². The lowest BCUT2D eigenvalue weighted by Crippen LogP contribution is -2.39. The number of amides is 1. The summed E-state index contributed by atoms with van der Waals surface area (Å²) in [6, 6.07) is 7.08. The molecule has 2 atom stereocenters.